The van der Waals surface area contributed by atoms with E-state index in [9.17, 15) is 4.79 Å². The second-order valence-corrected chi connectivity index (χ2v) is 5.64. The van der Waals surface area contributed by atoms with Crippen molar-refractivity contribution < 1.29 is 4.79 Å². The first kappa shape index (κ1) is 11.9. The van der Waals surface area contributed by atoms with E-state index in [2.05, 4.69) is 17.6 Å². The number of hydrogen-bond acceptors (Lipinski definition) is 2. The first-order valence-electron chi connectivity index (χ1n) is 6.72. The Morgan fingerprint density at radius 2 is 2.00 bits per heavy atom. The van der Waals surface area contributed by atoms with Crippen LogP contribution in [-0.2, 0) is 4.79 Å². The van der Waals surface area contributed by atoms with Crippen LogP contribution in [0.3, 0.4) is 0 Å². The summed E-state index contributed by atoms with van der Waals surface area (Å²) in [4.78, 5) is 12.2. The van der Waals surface area contributed by atoms with E-state index in [4.69, 9.17) is 0 Å². The van der Waals surface area contributed by atoms with Gasteiger partial charge in [0.25, 0.3) is 0 Å². The lowest BCUT2D eigenvalue weighted by molar-refractivity contribution is -0.132. The van der Waals surface area contributed by atoms with Gasteiger partial charge in [0.05, 0.1) is 0 Å². The fraction of sp³-hybridized carbons (Fsp3) is 0.923. The molecule has 0 unspecified atom stereocenters. The SMILES string of the molecule is CC1(C(=O)N[C@@H]2CCCNC2)CCCCC1. The molecule has 1 aliphatic heterocycles. The van der Waals surface area contributed by atoms with Gasteiger partial charge in [-0.3, -0.25) is 4.79 Å². The highest BCUT2D eigenvalue weighted by Gasteiger charge is 2.35. The van der Waals surface area contributed by atoms with Gasteiger partial charge in [0, 0.05) is 18.0 Å². The van der Waals surface area contributed by atoms with Gasteiger partial charge < -0.3 is 10.6 Å². The lowest BCUT2D eigenvalue weighted by Gasteiger charge is -2.34. The molecule has 1 heterocycles. The summed E-state index contributed by atoms with van der Waals surface area (Å²) in [5, 5.41) is 6.57. The summed E-state index contributed by atoms with van der Waals surface area (Å²) in [6.45, 7) is 4.18. The molecule has 2 rings (SSSR count). The molecule has 0 spiro atoms. The van der Waals surface area contributed by atoms with Crippen LogP contribution < -0.4 is 10.6 Å². The van der Waals surface area contributed by atoms with E-state index in [1.165, 1.54) is 25.7 Å². The molecule has 0 aromatic rings. The van der Waals surface area contributed by atoms with Crippen molar-refractivity contribution in [3.05, 3.63) is 0 Å². The molecule has 0 aromatic carbocycles. The highest BCUT2D eigenvalue weighted by molar-refractivity contribution is 5.82. The van der Waals surface area contributed by atoms with E-state index >= 15 is 0 Å². The molecule has 16 heavy (non-hydrogen) atoms. The number of rotatable bonds is 2. The predicted octanol–water partition coefficient (Wildman–Crippen LogP) is 1.82. The number of carbonyl (C=O) groups excluding carboxylic acids is 1. The highest BCUT2D eigenvalue weighted by atomic mass is 16.2. The lowest BCUT2D eigenvalue weighted by Crippen LogP contribution is -2.50. The van der Waals surface area contributed by atoms with Crippen LogP contribution in [0.15, 0.2) is 0 Å². The number of hydrogen-bond donors (Lipinski definition) is 2. The van der Waals surface area contributed by atoms with Crippen LogP contribution in [-0.4, -0.2) is 25.0 Å². The standard InChI is InChI=1S/C13H24N2O/c1-13(7-3-2-4-8-13)12(16)15-11-6-5-9-14-10-11/h11,14H,2-10H2,1H3,(H,15,16)/t11-/m1/s1. The van der Waals surface area contributed by atoms with E-state index in [1.54, 1.807) is 0 Å². The third-order valence-electron chi connectivity index (χ3n) is 4.14. The smallest absolute Gasteiger partial charge is 0.226 e. The van der Waals surface area contributed by atoms with Crippen molar-refractivity contribution in [3.63, 3.8) is 0 Å². The van der Waals surface area contributed by atoms with Crippen molar-refractivity contribution in [2.24, 2.45) is 5.41 Å². The largest absolute Gasteiger partial charge is 0.352 e. The average Bonchev–Trinajstić information content (AvgIpc) is 2.31. The third-order valence-corrected chi connectivity index (χ3v) is 4.14. The Hall–Kier alpha value is -0.570. The van der Waals surface area contributed by atoms with Crippen molar-refractivity contribution in [2.45, 2.75) is 57.9 Å². The Balaban J connectivity index is 1.85. The molecule has 0 radical (unpaired) electrons. The molecule has 1 aliphatic carbocycles. The van der Waals surface area contributed by atoms with Crippen LogP contribution >= 0.6 is 0 Å². The molecule has 1 saturated carbocycles. The first-order valence-corrected chi connectivity index (χ1v) is 6.72. The second-order valence-electron chi connectivity index (χ2n) is 5.64. The van der Waals surface area contributed by atoms with E-state index in [1.807, 2.05) is 0 Å². The summed E-state index contributed by atoms with van der Waals surface area (Å²) in [5.74, 6) is 0.293. The van der Waals surface area contributed by atoms with Crippen molar-refractivity contribution >= 4 is 5.91 Å². The van der Waals surface area contributed by atoms with Gasteiger partial charge in [-0.1, -0.05) is 26.2 Å². The molecule has 1 saturated heterocycles. The zero-order valence-corrected chi connectivity index (χ0v) is 10.3. The summed E-state index contributed by atoms with van der Waals surface area (Å²) in [7, 11) is 0. The van der Waals surface area contributed by atoms with Crippen LogP contribution in [0, 0.1) is 5.41 Å². The Morgan fingerprint density at radius 3 is 2.62 bits per heavy atom. The normalized spacial score (nSPS) is 29.7. The van der Waals surface area contributed by atoms with Gasteiger partial charge in [0.1, 0.15) is 0 Å². The minimum atomic E-state index is -0.0876. The predicted molar refractivity (Wildman–Crippen MR) is 65.2 cm³/mol. The van der Waals surface area contributed by atoms with Gasteiger partial charge in [-0.25, -0.2) is 0 Å². The molecule has 0 aromatic heterocycles. The highest BCUT2D eigenvalue weighted by Crippen LogP contribution is 2.35. The van der Waals surface area contributed by atoms with Gasteiger partial charge in [0.2, 0.25) is 5.91 Å². The van der Waals surface area contributed by atoms with Gasteiger partial charge >= 0.3 is 0 Å². The molecule has 3 nitrogen and oxygen atoms in total. The van der Waals surface area contributed by atoms with Gasteiger partial charge in [-0.05, 0) is 32.2 Å². The van der Waals surface area contributed by atoms with E-state index < -0.39 is 0 Å². The number of carbonyl (C=O) groups is 1. The Labute approximate surface area is 98.4 Å². The maximum Gasteiger partial charge on any atom is 0.226 e. The quantitative estimate of drug-likeness (QED) is 0.751. The zero-order chi connectivity index (χ0) is 11.4. The summed E-state index contributed by atoms with van der Waals surface area (Å²) >= 11 is 0. The van der Waals surface area contributed by atoms with Crippen LogP contribution in [0.4, 0.5) is 0 Å². The summed E-state index contributed by atoms with van der Waals surface area (Å²) in [6, 6.07) is 0.361. The fourth-order valence-electron chi connectivity index (χ4n) is 2.89. The number of nitrogens with one attached hydrogen (secondary N) is 2. The molecule has 92 valence electrons. The van der Waals surface area contributed by atoms with Gasteiger partial charge in [-0.2, -0.15) is 0 Å². The number of piperidine rings is 1. The lowest BCUT2D eigenvalue weighted by atomic mass is 9.75. The van der Waals surface area contributed by atoms with Crippen molar-refractivity contribution in [2.75, 3.05) is 13.1 Å². The maximum absolute atomic E-state index is 12.2. The molecule has 2 aliphatic rings. The average molecular weight is 224 g/mol. The van der Waals surface area contributed by atoms with Gasteiger partial charge in [-0.15, -0.1) is 0 Å². The third kappa shape index (κ3) is 2.76. The Morgan fingerprint density at radius 1 is 1.25 bits per heavy atom. The van der Waals surface area contributed by atoms with E-state index in [0.717, 1.165) is 32.4 Å². The zero-order valence-electron chi connectivity index (χ0n) is 10.3. The monoisotopic (exact) mass is 224 g/mol. The Bertz CT molecular complexity index is 240. The number of amides is 1. The Kier molecular flexibility index (Phi) is 3.85. The molecule has 2 fully saturated rings. The first-order chi connectivity index (χ1) is 7.71. The molecule has 1 amide bonds. The van der Waals surface area contributed by atoms with Crippen LogP contribution in [0.1, 0.15) is 51.9 Å². The summed E-state index contributed by atoms with van der Waals surface area (Å²) in [5.41, 5.74) is -0.0876. The van der Waals surface area contributed by atoms with E-state index in [0.29, 0.717) is 11.9 Å². The molecule has 1 atom stereocenters. The summed E-state index contributed by atoms with van der Waals surface area (Å²) < 4.78 is 0. The molecule has 3 heteroatoms. The van der Waals surface area contributed by atoms with Crippen LogP contribution in [0.25, 0.3) is 0 Å². The molecule has 2 N–H and O–H groups in total. The molecular formula is C13H24N2O. The second kappa shape index (κ2) is 5.17. The van der Waals surface area contributed by atoms with Crippen LogP contribution in [0.2, 0.25) is 0 Å². The van der Waals surface area contributed by atoms with Gasteiger partial charge in [0.15, 0.2) is 0 Å². The topological polar surface area (TPSA) is 41.1 Å². The van der Waals surface area contributed by atoms with Crippen molar-refractivity contribution in [1.82, 2.24) is 10.6 Å². The fourth-order valence-corrected chi connectivity index (χ4v) is 2.89. The van der Waals surface area contributed by atoms with Crippen LogP contribution in [0.5, 0.6) is 0 Å². The minimum Gasteiger partial charge on any atom is -0.352 e. The molecule has 0 bridgehead atoms. The maximum atomic E-state index is 12.2. The summed E-state index contributed by atoms with van der Waals surface area (Å²) in [6.07, 6.45) is 8.18. The van der Waals surface area contributed by atoms with Crippen molar-refractivity contribution in [3.8, 4) is 0 Å². The minimum absolute atomic E-state index is 0.0876. The molecular weight excluding hydrogens is 200 g/mol. The van der Waals surface area contributed by atoms with Crippen molar-refractivity contribution in [1.29, 1.82) is 0 Å². The van der Waals surface area contributed by atoms with E-state index in [-0.39, 0.29) is 5.41 Å².